The molecule has 1 aromatic carbocycles. The van der Waals surface area contributed by atoms with Gasteiger partial charge in [0.15, 0.2) is 0 Å². The molecule has 0 aliphatic heterocycles. The largest absolute Gasteiger partial charge is 0.264 e. The van der Waals surface area contributed by atoms with Crippen LogP contribution in [0.4, 0.5) is 8.78 Å². The fourth-order valence-corrected chi connectivity index (χ4v) is 1.06. The molecule has 0 aliphatic rings. The molecule has 0 atom stereocenters. The van der Waals surface area contributed by atoms with Crippen molar-refractivity contribution in [2.24, 2.45) is 0 Å². The molecule has 3 nitrogen and oxygen atoms in total. The number of halogens is 3. The van der Waals surface area contributed by atoms with Gasteiger partial charge >= 0.3 is 0 Å². The van der Waals surface area contributed by atoms with Gasteiger partial charge < -0.3 is 0 Å². The zero-order valence-electron chi connectivity index (χ0n) is 6.26. The third kappa shape index (κ3) is 2.12. The average molecular weight is 208 g/mol. The Morgan fingerprint density at radius 2 is 1.92 bits per heavy atom. The molecule has 0 aromatic heterocycles. The van der Waals surface area contributed by atoms with Crippen molar-refractivity contribution in [2.75, 3.05) is 0 Å². The fraction of sp³-hybridized carbons (Fsp3) is 0.143. The van der Waals surface area contributed by atoms with Crippen LogP contribution in [0.1, 0.15) is 5.56 Å². The zero-order valence-corrected chi connectivity index (χ0v) is 7.02. The van der Waals surface area contributed by atoms with Crippen LogP contribution in [-0.2, 0) is 6.54 Å². The van der Waals surface area contributed by atoms with Gasteiger partial charge in [-0.25, -0.2) is 8.78 Å². The topological polar surface area (TPSA) is 43.1 Å². The molecular weight excluding hydrogens is 204 g/mol. The van der Waals surface area contributed by atoms with E-state index < -0.39 is 33.7 Å². The van der Waals surface area contributed by atoms with Gasteiger partial charge in [0.1, 0.15) is 11.6 Å². The molecule has 0 bridgehead atoms. The molecule has 1 rings (SSSR count). The maximum atomic E-state index is 12.8. The molecule has 70 valence electrons. The average Bonchev–Trinajstić information content (AvgIpc) is 2.05. The summed E-state index contributed by atoms with van der Waals surface area (Å²) < 4.78 is 25.5. The van der Waals surface area contributed by atoms with E-state index >= 15 is 0 Å². The van der Waals surface area contributed by atoms with Gasteiger partial charge in [0.2, 0.25) is 6.54 Å². The molecule has 0 aliphatic carbocycles. The van der Waals surface area contributed by atoms with E-state index in [9.17, 15) is 18.9 Å². The first-order valence-electron chi connectivity index (χ1n) is 3.26. The lowest BCUT2D eigenvalue weighted by atomic mass is 10.2. The van der Waals surface area contributed by atoms with Crippen molar-refractivity contribution in [3.8, 4) is 0 Å². The molecular formula is C7H4ClF2NO2. The third-order valence-electron chi connectivity index (χ3n) is 1.43. The first-order chi connectivity index (χ1) is 6.02. The van der Waals surface area contributed by atoms with E-state index in [1.54, 1.807) is 0 Å². The summed E-state index contributed by atoms with van der Waals surface area (Å²) in [5.41, 5.74) is -0.424. The summed E-state index contributed by atoms with van der Waals surface area (Å²) in [6.45, 7) is -0.817. The molecule has 13 heavy (non-hydrogen) atoms. The van der Waals surface area contributed by atoms with Crippen molar-refractivity contribution in [1.29, 1.82) is 0 Å². The zero-order chi connectivity index (χ0) is 10.0. The highest BCUT2D eigenvalue weighted by atomic mass is 35.5. The lowest BCUT2D eigenvalue weighted by Crippen LogP contribution is -2.03. The Balaban J connectivity index is 3.17. The number of benzene rings is 1. The molecule has 0 N–H and O–H groups in total. The SMILES string of the molecule is O=[N+]([O-])Cc1c(F)ccc(F)c1Cl. The number of hydrogen-bond acceptors (Lipinski definition) is 2. The standard InChI is InChI=1S/C7H4ClF2NO2/c8-7-4(3-11(12)13)5(9)1-2-6(7)10/h1-2H,3H2. The van der Waals surface area contributed by atoms with Gasteiger partial charge in [-0.2, -0.15) is 0 Å². The highest BCUT2D eigenvalue weighted by Crippen LogP contribution is 2.23. The van der Waals surface area contributed by atoms with Gasteiger partial charge in [-0.15, -0.1) is 0 Å². The highest BCUT2D eigenvalue weighted by Gasteiger charge is 2.16. The Kier molecular flexibility index (Phi) is 2.77. The smallest absolute Gasteiger partial charge is 0.233 e. The van der Waals surface area contributed by atoms with Crippen LogP contribution in [0.2, 0.25) is 5.02 Å². The van der Waals surface area contributed by atoms with Crippen LogP contribution in [0.5, 0.6) is 0 Å². The Morgan fingerprint density at radius 3 is 2.46 bits per heavy atom. The van der Waals surface area contributed by atoms with Crippen molar-refractivity contribution in [1.82, 2.24) is 0 Å². The maximum Gasteiger partial charge on any atom is 0.233 e. The van der Waals surface area contributed by atoms with E-state index in [0.717, 1.165) is 12.1 Å². The minimum Gasteiger partial charge on any atom is -0.264 e. The van der Waals surface area contributed by atoms with Crippen LogP contribution < -0.4 is 0 Å². The van der Waals surface area contributed by atoms with Crippen LogP contribution in [0.3, 0.4) is 0 Å². The van der Waals surface area contributed by atoms with Crippen molar-refractivity contribution >= 4 is 11.6 Å². The molecule has 0 amide bonds. The van der Waals surface area contributed by atoms with Crippen LogP contribution >= 0.6 is 11.6 Å². The molecule has 0 spiro atoms. The van der Waals surface area contributed by atoms with Crippen molar-refractivity contribution in [3.63, 3.8) is 0 Å². The molecule has 0 saturated heterocycles. The van der Waals surface area contributed by atoms with E-state index in [-0.39, 0.29) is 0 Å². The quantitative estimate of drug-likeness (QED) is 0.425. The Hall–Kier alpha value is -1.23. The number of hydrogen-bond donors (Lipinski definition) is 0. The van der Waals surface area contributed by atoms with Crippen molar-refractivity contribution < 1.29 is 13.7 Å². The van der Waals surface area contributed by atoms with E-state index in [1.807, 2.05) is 0 Å². The maximum absolute atomic E-state index is 12.8. The van der Waals surface area contributed by atoms with E-state index in [1.165, 1.54) is 0 Å². The second-order valence-corrected chi connectivity index (χ2v) is 2.69. The molecule has 0 heterocycles. The lowest BCUT2D eigenvalue weighted by Gasteiger charge is -2.01. The lowest BCUT2D eigenvalue weighted by molar-refractivity contribution is -0.497. The number of rotatable bonds is 2. The van der Waals surface area contributed by atoms with Gasteiger partial charge in [-0.1, -0.05) is 11.6 Å². The van der Waals surface area contributed by atoms with Crippen molar-refractivity contribution in [2.45, 2.75) is 6.54 Å². The second kappa shape index (κ2) is 3.66. The predicted molar refractivity (Wildman–Crippen MR) is 42.1 cm³/mol. The van der Waals surface area contributed by atoms with Crippen LogP contribution in [0.25, 0.3) is 0 Å². The number of nitrogens with zero attached hydrogens (tertiary/aromatic N) is 1. The van der Waals surface area contributed by atoms with Crippen LogP contribution in [-0.4, -0.2) is 4.92 Å². The van der Waals surface area contributed by atoms with Gasteiger partial charge in [0.05, 0.1) is 10.6 Å². The summed E-state index contributed by atoms with van der Waals surface area (Å²) in [7, 11) is 0. The molecule has 0 unspecified atom stereocenters. The molecule has 0 radical (unpaired) electrons. The summed E-state index contributed by atoms with van der Waals surface area (Å²) in [6.07, 6.45) is 0. The van der Waals surface area contributed by atoms with Gasteiger partial charge in [0, 0.05) is 4.92 Å². The summed E-state index contributed by atoms with van der Waals surface area (Å²) in [5.74, 6) is -1.73. The minimum absolute atomic E-state index is 0.424. The Morgan fingerprint density at radius 1 is 1.38 bits per heavy atom. The number of nitro groups is 1. The van der Waals surface area contributed by atoms with Gasteiger partial charge in [-0.3, -0.25) is 10.1 Å². The van der Waals surface area contributed by atoms with E-state index in [2.05, 4.69) is 0 Å². The molecule has 1 aromatic rings. The van der Waals surface area contributed by atoms with Gasteiger partial charge in [-0.05, 0) is 12.1 Å². The van der Waals surface area contributed by atoms with Crippen molar-refractivity contribution in [3.05, 3.63) is 44.5 Å². The Bertz CT molecular complexity index is 357. The van der Waals surface area contributed by atoms with E-state index in [0.29, 0.717) is 0 Å². The minimum atomic E-state index is -0.872. The van der Waals surface area contributed by atoms with Gasteiger partial charge in [0.25, 0.3) is 0 Å². The summed E-state index contributed by atoms with van der Waals surface area (Å²) in [4.78, 5) is 9.27. The van der Waals surface area contributed by atoms with Crippen LogP contribution in [0.15, 0.2) is 12.1 Å². The molecule has 0 saturated carbocycles. The normalized spacial score (nSPS) is 10.1. The first kappa shape index (κ1) is 9.85. The van der Waals surface area contributed by atoms with E-state index in [4.69, 9.17) is 11.6 Å². The predicted octanol–water partition coefficient (Wildman–Crippen LogP) is 2.39. The Labute approximate surface area is 77.1 Å². The molecule has 0 fully saturated rings. The highest BCUT2D eigenvalue weighted by molar-refractivity contribution is 6.31. The molecule has 6 heteroatoms. The first-order valence-corrected chi connectivity index (χ1v) is 3.64. The third-order valence-corrected chi connectivity index (χ3v) is 1.83. The summed E-state index contributed by atoms with van der Waals surface area (Å²) >= 11 is 5.32. The summed E-state index contributed by atoms with van der Waals surface area (Å²) in [5, 5.41) is 9.51. The second-order valence-electron chi connectivity index (χ2n) is 2.31. The fourth-order valence-electron chi connectivity index (χ4n) is 0.843. The monoisotopic (exact) mass is 207 g/mol. The van der Waals surface area contributed by atoms with Crippen LogP contribution in [0, 0.1) is 21.7 Å². The summed E-state index contributed by atoms with van der Waals surface area (Å²) in [6, 6.07) is 1.63.